The van der Waals surface area contributed by atoms with Crippen LogP contribution in [0.5, 0.6) is 0 Å². The molecular weight excluding hydrogens is 283 g/mol. The van der Waals surface area contributed by atoms with E-state index in [0.29, 0.717) is 6.61 Å². The van der Waals surface area contributed by atoms with Crippen molar-refractivity contribution in [2.75, 3.05) is 13.2 Å². The van der Waals surface area contributed by atoms with Gasteiger partial charge in [0.2, 0.25) is 0 Å². The Hall–Kier alpha value is 0.160. The zero-order valence-electron chi connectivity index (χ0n) is 8.01. The van der Waals surface area contributed by atoms with Crippen molar-refractivity contribution in [1.82, 2.24) is 0 Å². The molecule has 1 aliphatic heterocycles. The van der Waals surface area contributed by atoms with Crippen LogP contribution in [0.2, 0.25) is 0 Å². The third kappa shape index (κ3) is 2.56. The van der Waals surface area contributed by atoms with Crippen molar-refractivity contribution in [2.45, 2.75) is 36.2 Å². The molecule has 0 aromatic carbocycles. The Balaban J connectivity index is 2.57. The molecule has 4 heteroatoms. The summed E-state index contributed by atoms with van der Waals surface area (Å²) in [5.74, 6) is -0.164. The lowest BCUT2D eigenvalue weighted by Gasteiger charge is -2.26. The number of rotatable bonds is 3. The van der Waals surface area contributed by atoms with Gasteiger partial charge in [-0.1, -0.05) is 22.6 Å². The van der Waals surface area contributed by atoms with Crippen LogP contribution < -0.4 is 0 Å². The van der Waals surface area contributed by atoms with Crippen LogP contribution >= 0.6 is 22.6 Å². The first-order chi connectivity index (χ1) is 6.09. The highest BCUT2D eigenvalue weighted by Gasteiger charge is 2.42. The fraction of sp³-hybridized carbons (Fsp3) is 0.889. The molecular formula is C9H15IO3. The van der Waals surface area contributed by atoms with E-state index in [1.165, 1.54) is 0 Å². The summed E-state index contributed by atoms with van der Waals surface area (Å²) in [4.78, 5) is 11.5. The minimum Gasteiger partial charge on any atom is -0.465 e. The molecule has 0 aliphatic carbocycles. The predicted molar refractivity (Wildman–Crippen MR) is 58.0 cm³/mol. The zero-order chi connectivity index (χ0) is 9.90. The Kier molecular flexibility index (Phi) is 3.97. The number of esters is 1. The van der Waals surface area contributed by atoms with Gasteiger partial charge >= 0.3 is 5.97 Å². The molecule has 1 fully saturated rings. The molecule has 0 amide bonds. The van der Waals surface area contributed by atoms with E-state index in [4.69, 9.17) is 9.47 Å². The van der Waals surface area contributed by atoms with Crippen LogP contribution in [0.15, 0.2) is 0 Å². The highest BCUT2D eigenvalue weighted by molar-refractivity contribution is 14.1. The van der Waals surface area contributed by atoms with E-state index in [9.17, 15) is 4.79 Å². The monoisotopic (exact) mass is 298 g/mol. The molecule has 0 unspecified atom stereocenters. The summed E-state index contributed by atoms with van der Waals surface area (Å²) in [6.07, 6.45) is 2.02. The van der Waals surface area contributed by atoms with Crippen LogP contribution in [0.25, 0.3) is 0 Å². The van der Waals surface area contributed by atoms with E-state index < -0.39 is 3.42 Å². The lowest BCUT2D eigenvalue weighted by Crippen LogP contribution is -2.41. The standard InChI is InChI=1S/C9H15IO3/c1-3-12-8(11)9(2,10)7-5-4-6-13-7/h7H,3-6H2,1-2H3/t7-,9-/m1/s1. The number of carbonyl (C=O) groups excluding carboxylic acids is 1. The lowest BCUT2D eigenvalue weighted by atomic mass is 10.0. The topological polar surface area (TPSA) is 35.5 Å². The Morgan fingerprint density at radius 1 is 1.77 bits per heavy atom. The van der Waals surface area contributed by atoms with E-state index in [0.717, 1.165) is 19.4 Å². The van der Waals surface area contributed by atoms with E-state index in [1.807, 2.05) is 13.8 Å². The average Bonchev–Trinajstić information content (AvgIpc) is 2.56. The second-order valence-corrected chi connectivity index (χ2v) is 5.54. The van der Waals surface area contributed by atoms with Gasteiger partial charge in [-0.3, -0.25) is 4.79 Å². The molecule has 0 spiro atoms. The van der Waals surface area contributed by atoms with Gasteiger partial charge < -0.3 is 9.47 Å². The number of hydrogen-bond acceptors (Lipinski definition) is 3. The van der Waals surface area contributed by atoms with E-state index in [-0.39, 0.29) is 12.1 Å². The number of carbonyl (C=O) groups is 1. The molecule has 0 saturated carbocycles. The SMILES string of the molecule is CCOC(=O)[C@](C)(I)[C@H]1CCCO1. The molecule has 1 saturated heterocycles. The fourth-order valence-electron chi connectivity index (χ4n) is 1.41. The number of halogens is 1. The third-order valence-electron chi connectivity index (χ3n) is 2.21. The normalized spacial score (nSPS) is 26.8. The first-order valence-electron chi connectivity index (χ1n) is 4.56. The van der Waals surface area contributed by atoms with Crippen molar-refractivity contribution in [2.24, 2.45) is 0 Å². The molecule has 1 rings (SSSR count). The van der Waals surface area contributed by atoms with E-state index in [1.54, 1.807) is 0 Å². The van der Waals surface area contributed by atoms with Gasteiger partial charge in [0.05, 0.1) is 12.7 Å². The quantitative estimate of drug-likeness (QED) is 0.454. The van der Waals surface area contributed by atoms with Gasteiger partial charge in [0.25, 0.3) is 0 Å². The molecule has 76 valence electrons. The molecule has 0 radical (unpaired) electrons. The van der Waals surface area contributed by atoms with E-state index >= 15 is 0 Å². The van der Waals surface area contributed by atoms with Crippen molar-refractivity contribution >= 4 is 28.6 Å². The predicted octanol–water partition coefficient (Wildman–Crippen LogP) is 1.92. The highest BCUT2D eigenvalue weighted by atomic mass is 127. The molecule has 1 heterocycles. The Morgan fingerprint density at radius 2 is 2.46 bits per heavy atom. The maximum absolute atomic E-state index is 11.5. The van der Waals surface area contributed by atoms with Gasteiger partial charge in [-0.05, 0) is 26.7 Å². The second kappa shape index (κ2) is 4.59. The third-order valence-corrected chi connectivity index (χ3v) is 3.34. The smallest absolute Gasteiger partial charge is 0.324 e. The van der Waals surface area contributed by atoms with Crippen LogP contribution in [0.1, 0.15) is 26.7 Å². The summed E-state index contributed by atoms with van der Waals surface area (Å²) in [5, 5.41) is 0. The van der Waals surface area contributed by atoms with Crippen LogP contribution in [0.3, 0.4) is 0 Å². The van der Waals surface area contributed by atoms with Gasteiger partial charge in [-0.2, -0.15) is 0 Å². The summed E-state index contributed by atoms with van der Waals surface area (Å²) in [6.45, 7) is 4.90. The van der Waals surface area contributed by atoms with Crippen molar-refractivity contribution in [1.29, 1.82) is 0 Å². The molecule has 13 heavy (non-hydrogen) atoms. The summed E-state index contributed by atoms with van der Waals surface area (Å²) in [7, 11) is 0. The Bertz CT molecular complexity index is 185. The van der Waals surface area contributed by atoms with E-state index in [2.05, 4.69) is 22.6 Å². The molecule has 3 nitrogen and oxygen atoms in total. The van der Waals surface area contributed by atoms with Crippen LogP contribution in [0, 0.1) is 0 Å². The molecule has 1 aliphatic rings. The van der Waals surface area contributed by atoms with Gasteiger partial charge in [-0.15, -0.1) is 0 Å². The van der Waals surface area contributed by atoms with Gasteiger partial charge in [0, 0.05) is 6.61 Å². The Labute approximate surface area is 92.3 Å². The fourth-order valence-corrected chi connectivity index (χ4v) is 2.06. The molecule has 0 aromatic heterocycles. The largest absolute Gasteiger partial charge is 0.465 e. The average molecular weight is 298 g/mol. The molecule has 0 N–H and O–H groups in total. The van der Waals surface area contributed by atoms with Gasteiger partial charge in [0.1, 0.15) is 3.42 Å². The number of ether oxygens (including phenoxy) is 2. The maximum Gasteiger partial charge on any atom is 0.324 e. The summed E-state index contributed by atoms with van der Waals surface area (Å²) in [6, 6.07) is 0. The van der Waals surface area contributed by atoms with Crippen molar-refractivity contribution in [3.8, 4) is 0 Å². The summed E-state index contributed by atoms with van der Waals surface area (Å²) < 4.78 is 9.95. The minimum absolute atomic E-state index is 0.0205. The molecule has 0 bridgehead atoms. The van der Waals surface area contributed by atoms with Crippen molar-refractivity contribution in [3.05, 3.63) is 0 Å². The van der Waals surface area contributed by atoms with Crippen molar-refractivity contribution < 1.29 is 14.3 Å². The number of hydrogen-bond donors (Lipinski definition) is 0. The summed E-state index contributed by atoms with van der Waals surface area (Å²) in [5.41, 5.74) is 0. The number of alkyl halides is 1. The van der Waals surface area contributed by atoms with Gasteiger partial charge in [-0.25, -0.2) is 0 Å². The molecule has 2 atom stereocenters. The molecule has 0 aromatic rings. The van der Waals surface area contributed by atoms with Crippen LogP contribution in [0.4, 0.5) is 0 Å². The zero-order valence-corrected chi connectivity index (χ0v) is 10.2. The second-order valence-electron chi connectivity index (χ2n) is 3.30. The first-order valence-corrected chi connectivity index (χ1v) is 5.64. The van der Waals surface area contributed by atoms with Crippen LogP contribution in [-0.2, 0) is 14.3 Å². The van der Waals surface area contributed by atoms with Gasteiger partial charge in [0.15, 0.2) is 0 Å². The minimum atomic E-state index is -0.524. The maximum atomic E-state index is 11.5. The highest BCUT2D eigenvalue weighted by Crippen LogP contribution is 2.32. The Morgan fingerprint density at radius 3 is 2.92 bits per heavy atom. The van der Waals surface area contributed by atoms with Crippen molar-refractivity contribution in [3.63, 3.8) is 0 Å². The lowest BCUT2D eigenvalue weighted by molar-refractivity contribution is -0.148. The van der Waals surface area contributed by atoms with Crippen LogP contribution in [-0.4, -0.2) is 28.7 Å². The first kappa shape index (κ1) is 11.2. The summed E-state index contributed by atoms with van der Waals surface area (Å²) >= 11 is 2.13.